The summed E-state index contributed by atoms with van der Waals surface area (Å²) in [6.07, 6.45) is -7.96. The summed E-state index contributed by atoms with van der Waals surface area (Å²) in [6, 6.07) is 4.67. The summed E-state index contributed by atoms with van der Waals surface area (Å²) in [5.74, 6) is 0. The number of hydrogen-bond acceptors (Lipinski definition) is 1. The number of aryl methyl sites for hydroxylation is 1. The number of rotatable bonds is 5. The molecule has 1 heterocycles. The predicted molar refractivity (Wildman–Crippen MR) is 106 cm³/mol. The minimum atomic E-state index is -4.68. The molecule has 0 aliphatic heterocycles. The van der Waals surface area contributed by atoms with E-state index < -0.39 is 23.5 Å². The first kappa shape index (κ1) is 22.8. The fraction of sp³-hybridized carbons (Fsp3) is 0.300. The van der Waals surface area contributed by atoms with Gasteiger partial charge in [0.15, 0.2) is 0 Å². The zero-order valence-corrected chi connectivity index (χ0v) is 16.8. The van der Waals surface area contributed by atoms with Crippen molar-refractivity contribution in [3.63, 3.8) is 0 Å². The zero-order valence-electron chi connectivity index (χ0n) is 15.3. The van der Waals surface area contributed by atoms with Gasteiger partial charge in [-0.25, -0.2) is 0 Å². The number of nitrogens with two attached hydrogens (primary N) is 1. The molecule has 10 heteroatoms. The lowest BCUT2D eigenvalue weighted by Crippen LogP contribution is -2.05. The molecule has 3 rings (SSSR count). The van der Waals surface area contributed by atoms with Crippen molar-refractivity contribution in [1.29, 1.82) is 0 Å². The molecule has 0 atom stereocenters. The van der Waals surface area contributed by atoms with Crippen molar-refractivity contribution >= 4 is 34.1 Å². The lowest BCUT2D eigenvalue weighted by Gasteiger charge is -2.12. The van der Waals surface area contributed by atoms with E-state index in [4.69, 9.17) is 28.9 Å². The lowest BCUT2D eigenvalue weighted by molar-refractivity contribution is -0.138. The summed E-state index contributed by atoms with van der Waals surface area (Å²) in [4.78, 5) is 2.66. The Kier molecular flexibility index (Phi) is 6.32. The molecule has 162 valence electrons. The van der Waals surface area contributed by atoms with Gasteiger partial charge in [-0.2, -0.15) is 26.3 Å². The molecule has 0 amide bonds. The van der Waals surface area contributed by atoms with E-state index in [0.717, 1.165) is 30.3 Å². The Morgan fingerprint density at radius 2 is 1.53 bits per heavy atom. The third-order valence-electron chi connectivity index (χ3n) is 4.76. The second kappa shape index (κ2) is 8.32. The monoisotopic (exact) mass is 468 g/mol. The molecule has 30 heavy (non-hydrogen) atoms. The van der Waals surface area contributed by atoms with Crippen molar-refractivity contribution in [2.45, 2.75) is 31.6 Å². The van der Waals surface area contributed by atoms with Gasteiger partial charge in [0.2, 0.25) is 0 Å². The molecule has 0 bridgehead atoms. The van der Waals surface area contributed by atoms with Crippen LogP contribution in [0.15, 0.2) is 30.3 Å². The van der Waals surface area contributed by atoms with Crippen molar-refractivity contribution in [2.75, 3.05) is 6.54 Å². The number of H-pyrrole nitrogens is 1. The second-order valence-corrected chi connectivity index (χ2v) is 7.57. The Morgan fingerprint density at radius 1 is 0.867 bits per heavy atom. The van der Waals surface area contributed by atoms with Gasteiger partial charge in [0.1, 0.15) is 0 Å². The zero-order chi connectivity index (χ0) is 22.3. The Bertz CT molecular complexity index is 1070. The van der Waals surface area contributed by atoms with Crippen LogP contribution in [-0.4, -0.2) is 11.5 Å². The third-order valence-corrected chi connectivity index (χ3v) is 5.40. The Hall–Kier alpha value is -1.90. The minimum absolute atomic E-state index is 0.0284. The summed E-state index contributed by atoms with van der Waals surface area (Å²) in [5, 5.41) is 0.151. The maximum Gasteiger partial charge on any atom is 0.418 e. The average molecular weight is 469 g/mol. The van der Waals surface area contributed by atoms with Crippen molar-refractivity contribution in [3.8, 4) is 11.3 Å². The predicted octanol–water partition coefficient (Wildman–Crippen LogP) is 7.46. The van der Waals surface area contributed by atoms with Gasteiger partial charge in [0.05, 0.1) is 27.4 Å². The van der Waals surface area contributed by atoms with Gasteiger partial charge >= 0.3 is 12.4 Å². The summed E-state index contributed by atoms with van der Waals surface area (Å²) in [6.45, 7) is 0.365. The molecule has 3 N–H and O–H groups in total. The van der Waals surface area contributed by atoms with Crippen LogP contribution in [0.25, 0.3) is 22.2 Å². The van der Waals surface area contributed by atoms with Crippen molar-refractivity contribution < 1.29 is 26.3 Å². The first-order valence-corrected chi connectivity index (χ1v) is 9.68. The molecule has 1 aromatic heterocycles. The fourth-order valence-electron chi connectivity index (χ4n) is 3.38. The summed E-state index contributed by atoms with van der Waals surface area (Å²) < 4.78 is 80.3. The summed E-state index contributed by atoms with van der Waals surface area (Å²) in [5.41, 5.74) is 3.69. The molecule has 0 aliphatic rings. The van der Waals surface area contributed by atoms with Gasteiger partial charge in [-0.05, 0) is 61.7 Å². The highest BCUT2D eigenvalue weighted by Gasteiger charge is 2.35. The first-order valence-electron chi connectivity index (χ1n) is 8.92. The summed E-state index contributed by atoms with van der Waals surface area (Å²) in [7, 11) is 0. The van der Waals surface area contributed by atoms with Crippen LogP contribution in [0.4, 0.5) is 26.3 Å². The smallest absolute Gasteiger partial charge is 0.354 e. The van der Waals surface area contributed by atoms with Crippen LogP contribution >= 0.6 is 23.2 Å². The molecule has 0 spiro atoms. The van der Waals surface area contributed by atoms with E-state index in [1.54, 1.807) is 0 Å². The highest BCUT2D eigenvalue weighted by Crippen LogP contribution is 2.44. The van der Waals surface area contributed by atoms with Gasteiger partial charge in [-0.3, -0.25) is 0 Å². The molecule has 0 saturated carbocycles. The van der Waals surface area contributed by atoms with Gasteiger partial charge in [0.25, 0.3) is 0 Å². The normalized spacial score (nSPS) is 12.7. The SMILES string of the molecule is NCCCCc1c(-c2cc(C(F)(F)F)ccc2Cl)[nH]c2c(C(F)(F)F)ccc(Cl)c12. The van der Waals surface area contributed by atoms with E-state index in [2.05, 4.69) is 4.98 Å². The van der Waals surface area contributed by atoms with E-state index in [0.29, 0.717) is 24.9 Å². The molecular weight excluding hydrogens is 453 g/mol. The molecule has 0 fully saturated rings. The maximum absolute atomic E-state index is 13.5. The van der Waals surface area contributed by atoms with Gasteiger partial charge < -0.3 is 10.7 Å². The van der Waals surface area contributed by atoms with Crippen LogP contribution in [-0.2, 0) is 18.8 Å². The highest BCUT2D eigenvalue weighted by atomic mass is 35.5. The van der Waals surface area contributed by atoms with E-state index in [9.17, 15) is 26.3 Å². The van der Waals surface area contributed by atoms with Gasteiger partial charge in [0, 0.05) is 16.0 Å². The van der Waals surface area contributed by atoms with E-state index in [1.165, 1.54) is 0 Å². The van der Waals surface area contributed by atoms with Crippen molar-refractivity contribution in [1.82, 2.24) is 4.98 Å². The quantitative estimate of drug-likeness (QED) is 0.296. The van der Waals surface area contributed by atoms with Crippen LogP contribution in [0.1, 0.15) is 29.5 Å². The van der Waals surface area contributed by atoms with E-state index in [-0.39, 0.29) is 38.6 Å². The molecule has 3 aromatic rings. The number of halogens is 8. The first-order chi connectivity index (χ1) is 13.9. The minimum Gasteiger partial charge on any atom is -0.354 e. The van der Waals surface area contributed by atoms with Gasteiger partial charge in [-0.1, -0.05) is 23.2 Å². The van der Waals surface area contributed by atoms with Crippen LogP contribution < -0.4 is 5.73 Å². The van der Waals surface area contributed by atoms with Crippen LogP contribution in [0.5, 0.6) is 0 Å². The van der Waals surface area contributed by atoms with Crippen LogP contribution in [0.3, 0.4) is 0 Å². The molecule has 0 aliphatic carbocycles. The molecule has 0 radical (unpaired) electrons. The van der Waals surface area contributed by atoms with E-state index in [1.807, 2.05) is 0 Å². The fourth-order valence-corrected chi connectivity index (χ4v) is 3.87. The molecule has 0 saturated heterocycles. The van der Waals surface area contributed by atoms with Crippen molar-refractivity contribution in [3.05, 3.63) is 57.1 Å². The molecule has 2 nitrogen and oxygen atoms in total. The third kappa shape index (κ3) is 4.40. The molecule has 0 unspecified atom stereocenters. The standard InChI is InChI=1S/C20H16Cl2F6N2/c21-14-6-4-10(19(23,24)25)9-12(14)17-11(3-1-2-8-29)16-15(22)7-5-13(18(16)30-17)20(26,27)28/h4-7,9,30H,1-3,8,29H2. The van der Waals surface area contributed by atoms with E-state index >= 15 is 0 Å². The Morgan fingerprint density at radius 3 is 2.13 bits per heavy atom. The molecular formula is C20H16Cl2F6N2. The highest BCUT2D eigenvalue weighted by molar-refractivity contribution is 6.36. The number of aromatic amines is 1. The summed E-state index contributed by atoms with van der Waals surface area (Å²) >= 11 is 12.4. The number of fused-ring (bicyclic) bond motifs is 1. The average Bonchev–Trinajstić information content (AvgIpc) is 3.00. The van der Waals surface area contributed by atoms with Crippen LogP contribution in [0.2, 0.25) is 10.0 Å². The Labute approximate surface area is 178 Å². The number of unbranched alkanes of at least 4 members (excludes halogenated alkanes) is 1. The maximum atomic E-state index is 13.5. The number of aromatic nitrogens is 1. The van der Waals surface area contributed by atoms with Gasteiger partial charge in [-0.15, -0.1) is 0 Å². The topological polar surface area (TPSA) is 41.8 Å². The number of alkyl halides is 6. The largest absolute Gasteiger partial charge is 0.418 e. The number of benzene rings is 2. The van der Waals surface area contributed by atoms with Crippen molar-refractivity contribution in [2.24, 2.45) is 5.73 Å². The second-order valence-electron chi connectivity index (χ2n) is 6.76. The Balaban J connectivity index is 2.34. The lowest BCUT2D eigenvalue weighted by atomic mass is 9.98. The molecule has 2 aromatic carbocycles. The number of hydrogen-bond donors (Lipinski definition) is 2. The number of nitrogens with one attached hydrogen (secondary N) is 1. The van der Waals surface area contributed by atoms with Crippen LogP contribution in [0, 0.1) is 0 Å².